The molecule has 0 bridgehead atoms. The molecule has 130 valence electrons. The number of amides is 1. The largest absolute Gasteiger partial charge is 0.492 e. The van der Waals surface area contributed by atoms with Gasteiger partial charge in [0.05, 0.1) is 23.7 Å². The van der Waals surface area contributed by atoms with Gasteiger partial charge in [-0.3, -0.25) is 9.69 Å². The molecule has 6 nitrogen and oxygen atoms in total. The van der Waals surface area contributed by atoms with Crippen LogP contribution in [0.4, 0.5) is 0 Å². The molecule has 1 fully saturated rings. The summed E-state index contributed by atoms with van der Waals surface area (Å²) in [5.41, 5.74) is -0.387. The number of benzene rings is 1. The summed E-state index contributed by atoms with van der Waals surface area (Å²) in [6.07, 6.45) is 1.66. The smallest absolute Gasteiger partial charge is 0.224 e. The molecule has 1 saturated heterocycles. The molecular formula is C18H25N3O3. The second kappa shape index (κ2) is 8.13. The van der Waals surface area contributed by atoms with Crippen LogP contribution in [0.5, 0.6) is 5.75 Å². The Morgan fingerprint density at radius 3 is 3.00 bits per heavy atom. The number of nitriles is 1. The normalized spacial score (nSPS) is 21.1. The second-order valence-corrected chi connectivity index (χ2v) is 6.56. The predicted molar refractivity (Wildman–Crippen MR) is 90.6 cm³/mol. The fourth-order valence-electron chi connectivity index (χ4n) is 2.93. The van der Waals surface area contributed by atoms with E-state index in [0.29, 0.717) is 37.4 Å². The molecule has 1 heterocycles. The highest BCUT2D eigenvalue weighted by molar-refractivity contribution is 5.76. The fourth-order valence-corrected chi connectivity index (χ4v) is 2.93. The van der Waals surface area contributed by atoms with E-state index >= 15 is 0 Å². The minimum absolute atomic E-state index is 0.0519. The quantitative estimate of drug-likeness (QED) is 0.849. The molecule has 0 radical (unpaired) electrons. The van der Waals surface area contributed by atoms with Gasteiger partial charge in [0.2, 0.25) is 5.91 Å². The number of β-amino-alcohol motifs (C(OH)–C–C–N with tert-alkyl or cyclic N) is 1. The molecule has 2 rings (SSSR count). The van der Waals surface area contributed by atoms with Crippen molar-refractivity contribution in [2.75, 3.05) is 40.3 Å². The number of hydrogen-bond acceptors (Lipinski definition) is 5. The summed E-state index contributed by atoms with van der Waals surface area (Å²) in [5, 5.41) is 19.6. The zero-order chi connectivity index (χ0) is 17.6. The lowest BCUT2D eigenvalue weighted by atomic mass is 9.89. The summed E-state index contributed by atoms with van der Waals surface area (Å²) in [6.45, 7) is 2.52. The van der Waals surface area contributed by atoms with Crippen LogP contribution in [0.2, 0.25) is 0 Å². The highest BCUT2D eigenvalue weighted by Crippen LogP contribution is 2.25. The number of aliphatic hydroxyl groups is 1. The zero-order valence-electron chi connectivity index (χ0n) is 14.4. The van der Waals surface area contributed by atoms with Gasteiger partial charge in [0.1, 0.15) is 12.4 Å². The first kappa shape index (κ1) is 18.2. The van der Waals surface area contributed by atoms with Crippen molar-refractivity contribution < 1.29 is 14.6 Å². The summed E-state index contributed by atoms with van der Waals surface area (Å²) < 4.78 is 5.69. The molecule has 1 aromatic rings. The van der Waals surface area contributed by atoms with E-state index in [9.17, 15) is 9.90 Å². The van der Waals surface area contributed by atoms with Crippen LogP contribution in [-0.4, -0.2) is 66.8 Å². The molecule has 6 heteroatoms. The van der Waals surface area contributed by atoms with Crippen LogP contribution >= 0.6 is 0 Å². The summed E-state index contributed by atoms with van der Waals surface area (Å²) in [7, 11) is 3.41. The number of hydrogen-bond donors (Lipinski definition) is 1. The first-order chi connectivity index (χ1) is 11.4. The topological polar surface area (TPSA) is 76.8 Å². The number of ether oxygens (including phenoxy) is 1. The van der Waals surface area contributed by atoms with Crippen molar-refractivity contribution in [2.24, 2.45) is 0 Å². The van der Waals surface area contributed by atoms with E-state index < -0.39 is 5.60 Å². The van der Waals surface area contributed by atoms with Crippen molar-refractivity contribution in [1.29, 1.82) is 5.26 Å². The van der Waals surface area contributed by atoms with Gasteiger partial charge in [0, 0.05) is 27.2 Å². The molecule has 1 aliphatic rings. The maximum absolute atomic E-state index is 11.9. The van der Waals surface area contributed by atoms with Gasteiger partial charge in [0.25, 0.3) is 0 Å². The van der Waals surface area contributed by atoms with Gasteiger partial charge < -0.3 is 14.7 Å². The summed E-state index contributed by atoms with van der Waals surface area (Å²) in [6, 6.07) is 9.15. The number of likely N-dealkylation sites (tertiary alicyclic amines) is 1. The molecule has 1 aromatic carbocycles. The van der Waals surface area contributed by atoms with Gasteiger partial charge in [-0.05, 0) is 37.6 Å². The zero-order valence-corrected chi connectivity index (χ0v) is 14.4. The summed E-state index contributed by atoms with van der Waals surface area (Å²) in [4.78, 5) is 15.5. The number of carbonyl (C=O) groups is 1. The third-order valence-electron chi connectivity index (χ3n) is 4.25. The van der Waals surface area contributed by atoms with Gasteiger partial charge >= 0.3 is 0 Å². The van der Waals surface area contributed by atoms with E-state index in [1.54, 1.807) is 32.3 Å². The Hall–Kier alpha value is -2.10. The highest BCUT2D eigenvalue weighted by Gasteiger charge is 2.35. The molecular weight excluding hydrogens is 306 g/mol. The van der Waals surface area contributed by atoms with Crippen LogP contribution < -0.4 is 4.74 Å². The monoisotopic (exact) mass is 331 g/mol. The van der Waals surface area contributed by atoms with Gasteiger partial charge in [-0.15, -0.1) is 0 Å². The summed E-state index contributed by atoms with van der Waals surface area (Å²) in [5.74, 6) is 0.619. The third kappa shape index (κ3) is 5.22. The van der Waals surface area contributed by atoms with E-state index in [-0.39, 0.29) is 12.3 Å². The highest BCUT2D eigenvalue weighted by atomic mass is 16.5. The number of rotatable bonds is 6. The van der Waals surface area contributed by atoms with E-state index in [1.807, 2.05) is 6.07 Å². The van der Waals surface area contributed by atoms with Gasteiger partial charge in [-0.2, -0.15) is 5.26 Å². The van der Waals surface area contributed by atoms with Crippen LogP contribution in [0.1, 0.15) is 24.8 Å². The third-order valence-corrected chi connectivity index (χ3v) is 4.25. The van der Waals surface area contributed by atoms with E-state index in [2.05, 4.69) is 11.0 Å². The molecule has 0 aromatic heterocycles. The van der Waals surface area contributed by atoms with E-state index in [0.717, 1.165) is 13.0 Å². The van der Waals surface area contributed by atoms with Crippen LogP contribution in [0.15, 0.2) is 24.3 Å². The Morgan fingerprint density at radius 2 is 2.29 bits per heavy atom. The molecule has 1 N–H and O–H groups in total. The number of piperidine rings is 1. The number of nitrogens with zero attached hydrogens (tertiary/aromatic N) is 3. The van der Waals surface area contributed by atoms with Crippen LogP contribution in [0.25, 0.3) is 0 Å². The molecule has 0 saturated carbocycles. The molecule has 0 aliphatic carbocycles. The van der Waals surface area contributed by atoms with Crippen LogP contribution in [0.3, 0.4) is 0 Å². The minimum atomic E-state index is -0.958. The van der Waals surface area contributed by atoms with Crippen molar-refractivity contribution in [3.63, 3.8) is 0 Å². The average molecular weight is 331 g/mol. The maximum Gasteiger partial charge on any atom is 0.224 e. The Bertz CT molecular complexity index is 612. The Balaban J connectivity index is 1.82. The van der Waals surface area contributed by atoms with Crippen molar-refractivity contribution >= 4 is 5.91 Å². The summed E-state index contributed by atoms with van der Waals surface area (Å²) >= 11 is 0. The van der Waals surface area contributed by atoms with Crippen molar-refractivity contribution in [1.82, 2.24) is 9.80 Å². The molecule has 1 amide bonds. The van der Waals surface area contributed by atoms with Crippen molar-refractivity contribution in [3.05, 3.63) is 29.8 Å². The minimum Gasteiger partial charge on any atom is -0.492 e. The lowest BCUT2D eigenvalue weighted by Gasteiger charge is -2.39. The second-order valence-electron chi connectivity index (χ2n) is 6.56. The first-order valence-electron chi connectivity index (χ1n) is 8.20. The first-order valence-corrected chi connectivity index (χ1v) is 8.20. The van der Waals surface area contributed by atoms with E-state index in [4.69, 9.17) is 10.00 Å². The maximum atomic E-state index is 11.9. The Morgan fingerprint density at radius 1 is 1.50 bits per heavy atom. The van der Waals surface area contributed by atoms with Crippen molar-refractivity contribution in [2.45, 2.75) is 24.9 Å². The van der Waals surface area contributed by atoms with Gasteiger partial charge in [0.15, 0.2) is 0 Å². The van der Waals surface area contributed by atoms with Gasteiger partial charge in [-0.1, -0.05) is 6.07 Å². The Kier molecular flexibility index (Phi) is 6.18. The molecule has 0 spiro atoms. The molecule has 1 unspecified atom stereocenters. The lowest BCUT2D eigenvalue weighted by Crippen LogP contribution is -2.51. The van der Waals surface area contributed by atoms with Crippen LogP contribution in [0, 0.1) is 11.3 Å². The number of carbonyl (C=O) groups excluding carboxylic acids is 1. The molecule has 24 heavy (non-hydrogen) atoms. The SMILES string of the molecule is CN(C)C(=O)CC1(O)CCCN(CCOc2cccc(C#N)c2)C1. The average Bonchev–Trinajstić information content (AvgIpc) is 2.54. The molecule has 1 atom stereocenters. The standard InChI is InChI=1S/C18H25N3O3/c1-20(2)17(22)12-18(23)7-4-8-21(14-18)9-10-24-16-6-3-5-15(11-16)13-19/h3,5-6,11,23H,4,7-10,12,14H2,1-2H3. The lowest BCUT2D eigenvalue weighted by molar-refractivity contribution is -0.136. The van der Waals surface area contributed by atoms with Gasteiger partial charge in [-0.25, -0.2) is 0 Å². The van der Waals surface area contributed by atoms with Crippen LogP contribution in [-0.2, 0) is 4.79 Å². The predicted octanol–water partition coefficient (Wildman–Crippen LogP) is 1.24. The molecule has 1 aliphatic heterocycles. The Labute approximate surface area is 143 Å². The van der Waals surface area contributed by atoms with Crippen molar-refractivity contribution in [3.8, 4) is 11.8 Å². The van der Waals surface area contributed by atoms with E-state index in [1.165, 1.54) is 4.90 Å². The fraction of sp³-hybridized carbons (Fsp3) is 0.556.